The molecule has 1 N–H and O–H groups in total. The molecule has 0 spiro atoms. The van der Waals surface area contributed by atoms with Gasteiger partial charge >= 0.3 is 0 Å². The second-order valence-corrected chi connectivity index (χ2v) is 6.33. The van der Waals surface area contributed by atoms with Gasteiger partial charge in [0, 0.05) is 13.2 Å². The van der Waals surface area contributed by atoms with Crippen molar-refractivity contribution in [1.29, 1.82) is 0 Å². The van der Waals surface area contributed by atoms with Gasteiger partial charge in [-0.3, -0.25) is 0 Å². The molecular weight excluding hydrogens is 222 g/mol. The summed E-state index contributed by atoms with van der Waals surface area (Å²) in [5.74, 6) is 0.962. The zero-order chi connectivity index (χ0) is 12.8. The van der Waals surface area contributed by atoms with Crippen LogP contribution in [0.4, 0.5) is 0 Å². The normalized spacial score (nSPS) is 26.3. The van der Waals surface area contributed by atoms with E-state index in [9.17, 15) is 0 Å². The second-order valence-electron chi connectivity index (χ2n) is 6.33. The van der Waals surface area contributed by atoms with Gasteiger partial charge in [0.05, 0.1) is 5.60 Å². The quantitative estimate of drug-likeness (QED) is 0.725. The predicted octanol–water partition coefficient (Wildman–Crippen LogP) is 3.89. The molecule has 1 unspecified atom stereocenters. The molecule has 0 aliphatic heterocycles. The molecule has 2 nitrogen and oxygen atoms in total. The number of nitrogens with one attached hydrogen (secondary N) is 1. The van der Waals surface area contributed by atoms with Crippen molar-refractivity contribution < 1.29 is 4.74 Å². The Morgan fingerprint density at radius 2 is 1.78 bits per heavy atom. The summed E-state index contributed by atoms with van der Waals surface area (Å²) in [6, 6.07) is 0.580. The molecule has 0 aromatic heterocycles. The average Bonchev–Trinajstić information content (AvgIpc) is 2.58. The highest BCUT2D eigenvalue weighted by Gasteiger charge is 2.40. The van der Waals surface area contributed by atoms with E-state index in [4.69, 9.17) is 4.74 Å². The van der Waals surface area contributed by atoms with Crippen molar-refractivity contribution in [3.05, 3.63) is 0 Å². The first-order chi connectivity index (χ1) is 8.80. The zero-order valence-electron chi connectivity index (χ0n) is 12.3. The van der Waals surface area contributed by atoms with Gasteiger partial charge in [0.25, 0.3) is 0 Å². The van der Waals surface area contributed by atoms with Crippen LogP contribution in [0.1, 0.15) is 71.1 Å². The molecule has 2 aliphatic rings. The summed E-state index contributed by atoms with van der Waals surface area (Å²) in [7, 11) is 1.94. The van der Waals surface area contributed by atoms with Crippen LogP contribution in [0.3, 0.4) is 0 Å². The van der Waals surface area contributed by atoms with E-state index in [0.717, 1.165) is 12.5 Å². The van der Waals surface area contributed by atoms with Gasteiger partial charge in [0.1, 0.15) is 0 Å². The van der Waals surface area contributed by atoms with Crippen LogP contribution in [0.5, 0.6) is 0 Å². The first-order valence-electron chi connectivity index (χ1n) is 8.09. The molecule has 0 amide bonds. The van der Waals surface area contributed by atoms with Gasteiger partial charge in [-0.2, -0.15) is 0 Å². The van der Waals surface area contributed by atoms with Crippen molar-refractivity contribution in [2.45, 2.75) is 82.8 Å². The van der Waals surface area contributed by atoms with Gasteiger partial charge in [-0.15, -0.1) is 0 Å². The van der Waals surface area contributed by atoms with E-state index in [1.165, 1.54) is 64.2 Å². The summed E-state index contributed by atoms with van der Waals surface area (Å²) in [4.78, 5) is 0. The smallest absolute Gasteiger partial charge is 0.0831 e. The minimum atomic E-state index is 0.127. The predicted molar refractivity (Wildman–Crippen MR) is 76.9 cm³/mol. The molecule has 1 atom stereocenters. The Hall–Kier alpha value is -0.0800. The highest BCUT2D eigenvalue weighted by Crippen LogP contribution is 2.39. The van der Waals surface area contributed by atoms with Gasteiger partial charge in [-0.25, -0.2) is 0 Å². The summed E-state index contributed by atoms with van der Waals surface area (Å²) >= 11 is 0. The molecule has 0 aromatic carbocycles. The fourth-order valence-corrected chi connectivity index (χ4v) is 3.81. The lowest BCUT2D eigenvalue weighted by Gasteiger charge is -2.42. The SMILES string of the molecule is CCNC(CC1CCC1)C1(OC)CCCCCC1. The first kappa shape index (κ1) is 14.3. The zero-order valence-corrected chi connectivity index (χ0v) is 12.3. The second kappa shape index (κ2) is 6.91. The third-order valence-electron chi connectivity index (χ3n) is 5.24. The van der Waals surface area contributed by atoms with Crippen LogP contribution >= 0.6 is 0 Å². The Bertz CT molecular complexity index is 229. The number of likely N-dealkylation sites (N-methyl/N-ethyl adjacent to an activating group) is 1. The summed E-state index contributed by atoms with van der Waals surface area (Å²) in [6.07, 6.45) is 13.7. The molecule has 0 aromatic rings. The van der Waals surface area contributed by atoms with E-state index in [0.29, 0.717) is 6.04 Å². The Morgan fingerprint density at radius 1 is 1.11 bits per heavy atom. The fourth-order valence-electron chi connectivity index (χ4n) is 3.81. The topological polar surface area (TPSA) is 21.3 Å². The minimum Gasteiger partial charge on any atom is -0.377 e. The summed E-state index contributed by atoms with van der Waals surface area (Å²) in [5, 5.41) is 3.75. The minimum absolute atomic E-state index is 0.127. The van der Waals surface area contributed by atoms with Crippen molar-refractivity contribution in [2.75, 3.05) is 13.7 Å². The largest absolute Gasteiger partial charge is 0.377 e. The fraction of sp³-hybridized carbons (Fsp3) is 1.00. The van der Waals surface area contributed by atoms with E-state index in [-0.39, 0.29) is 5.60 Å². The van der Waals surface area contributed by atoms with Crippen molar-refractivity contribution in [3.63, 3.8) is 0 Å². The molecule has 2 aliphatic carbocycles. The van der Waals surface area contributed by atoms with Crippen LogP contribution in [-0.2, 0) is 4.74 Å². The molecule has 0 bridgehead atoms. The van der Waals surface area contributed by atoms with Crippen LogP contribution in [0.15, 0.2) is 0 Å². The third kappa shape index (κ3) is 3.27. The van der Waals surface area contributed by atoms with Crippen LogP contribution < -0.4 is 5.32 Å². The van der Waals surface area contributed by atoms with Crippen LogP contribution in [0, 0.1) is 5.92 Å². The van der Waals surface area contributed by atoms with Crippen molar-refractivity contribution >= 4 is 0 Å². The molecule has 2 rings (SSSR count). The van der Waals surface area contributed by atoms with Crippen molar-refractivity contribution in [2.24, 2.45) is 5.92 Å². The Labute approximate surface area is 113 Å². The summed E-state index contributed by atoms with van der Waals surface area (Å²) < 4.78 is 6.08. The molecule has 0 saturated heterocycles. The number of hydrogen-bond acceptors (Lipinski definition) is 2. The van der Waals surface area contributed by atoms with Crippen molar-refractivity contribution in [1.82, 2.24) is 5.32 Å². The van der Waals surface area contributed by atoms with Gasteiger partial charge in [-0.1, -0.05) is 51.9 Å². The Kier molecular flexibility index (Phi) is 5.50. The number of ether oxygens (including phenoxy) is 1. The Morgan fingerprint density at radius 3 is 2.22 bits per heavy atom. The molecule has 0 heterocycles. The highest BCUT2D eigenvalue weighted by atomic mass is 16.5. The van der Waals surface area contributed by atoms with E-state index in [2.05, 4.69) is 12.2 Å². The molecule has 0 radical (unpaired) electrons. The molecule has 18 heavy (non-hydrogen) atoms. The van der Waals surface area contributed by atoms with E-state index >= 15 is 0 Å². The number of hydrogen-bond donors (Lipinski definition) is 1. The average molecular weight is 253 g/mol. The molecule has 106 valence electrons. The van der Waals surface area contributed by atoms with Crippen LogP contribution in [-0.4, -0.2) is 25.3 Å². The molecule has 2 saturated carbocycles. The molecule has 2 heteroatoms. The lowest BCUT2D eigenvalue weighted by Crippen LogP contribution is -2.53. The number of rotatable bonds is 6. The van der Waals surface area contributed by atoms with Gasteiger partial charge < -0.3 is 10.1 Å². The molecule has 2 fully saturated rings. The van der Waals surface area contributed by atoms with Gasteiger partial charge in [0.15, 0.2) is 0 Å². The molecular formula is C16H31NO. The lowest BCUT2D eigenvalue weighted by atomic mass is 9.75. The summed E-state index contributed by atoms with van der Waals surface area (Å²) in [6.45, 7) is 3.30. The maximum Gasteiger partial charge on any atom is 0.0831 e. The number of methoxy groups -OCH3 is 1. The monoisotopic (exact) mass is 253 g/mol. The third-order valence-corrected chi connectivity index (χ3v) is 5.24. The van der Waals surface area contributed by atoms with Crippen LogP contribution in [0.2, 0.25) is 0 Å². The highest BCUT2D eigenvalue weighted by molar-refractivity contribution is 4.96. The van der Waals surface area contributed by atoms with E-state index in [1.807, 2.05) is 7.11 Å². The maximum atomic E-state index is 6.08. The standard InChI is InChI=1S/C16H31NO/c1-3-17-15(13-14-9-8-10-14)16(18-2)11-6-4-5-7-12-16/h14-15,17H,3-13H2,1-2H3. The Balaban J connectivity index is 2.02. The van der Waals surface area contributed by atoms with Crippen LogP contribution in [0.25, 0.3) is 0 Å². The van der Waals surface area contributed by atoms with Crippen molar-refractivity contribution in [3.8, 4) is 0 Å². The maximum absolute atomic E-state index is 6.08. The van der Waals surface area contributed by atoms with E-state index < -0.39 is 0 Å². The summed E-state index contributed by atoms with van der Waals surface area (Å²) in [5.41, 5.74) is 0.127. The van der Waals surface area contributed by atoms with E-state index in [1.54, 1.807) is 0 Å². The van der Waals surface area contributed by atoms with Gasteiger partial charge in [-0.05, 0) is 31.7 Å². The first-order valence-corrected chi connectivity index (χ1v) is 8.09. The lowest BCUT2D eigenvalue weighted by molar-refractivity contribution is -0.0604. The van der Waals surface area contributed by atoms with Gasteiger partial charge in [0.2, 0.25) is 0 Å².